The first-order valence-electron chi connectivity index (χ1n) is 21.8. The van der Waals surface area contributed by atoms with Crippen LogP contribution in [0.3, 0.4) is 0 Å². The molecule has 0 saturated heterocycles. The Balaban J connectivity index is 1.46. The van der Waals surface area contributed by atoms with Gasteiger partial charge >= 0.3 is 0 Å². The van der Waals surface area contributed by atoms with Crippen molar-refractivity contribution in [3.05, 3.63) is 155 Å². The van der Waals surface area contributed by atoms with Crippen molar-refractivity contribution in [1.82, 2.24) is 0 Å². The molecule has 6 rings (SSSR count). The number of ketones is 2. The molecule has 0 spiro atoms. The summed E-state index contributed by atoms with van der Waals surface area (Å²) in [7, 11) is 3.31. The van der Waals surface area contributed by atoms with Crippen molar-refractivity contribution in [2.75, 3.05) is 14.2 Å². The normalized spacial score (nSPS) is 15.3. The van der Waals surface area contributed by atoms with Gasteiger partial charge in [0.2, 0.25) is 0 Å². The number of allylic oxidation sites excluding steroid dienone is 10. The molecular weight excluding hydrogens is 793 g/mol. The Morgan fingerprint density at radius 3 is 0.969 bits per heavy atom. The largest absolute Gasteiger partial charge is 0.497 e. The average molecular weight is 855 g/mol. The highest BCUT2D eigenvalue weighted by atomic mass is 16.5. The van der Waals surface area contributed by atoms with Crippen LogP contribution in [0.25, 0.3) is 33.4 Å². The zero-order valence-electron chi connectivity index (χ0n) is 40.0. The molecule has 0 N–H and O–H groups in total. The molecule has 0 unspecified atom stereocenters. The summed E-state index contributed by atoms with van der Waals surface area (Å²) in [6.07, 6.45) is 11.2. The van der Waals surface area contributed by atoms with Crippen LogP contribution in [0.5, 0.6) is 11.5 Å². The summed E-state index contributed by atoms with van der Waals surface area (Å²) in [5.41, 5.74) is 10.5. The second-order valence-corrected chi connectivity index (χ2v) is 20.5. The highest BCUT2D eigenvalue weighted by molar-refractivity contribution is 6.12. The van der Waals surface area contributed by atoms with Crippen LogP contribution in [0.15, 0.2) is 176 Å². The van der Waals surface area contributed by atoms with E-state index in [1.165, 1.54) is 0 Å². The lowest BCUT2D eigenvalue weighted by Gasteiger charge is -2.31. The third kappa shape index (κ3) is 10.8. The van der Waals surface area contributed by atoms with E-state index >= 15 is 0 Å². The van der Waals surface area contributed by atoms with Crippen LogP contribution in [0.2, 0.25) is 0 Å². The number of ether oxygens (including phenoxy) is 2. The van der Waals surface area contributed by atoms with Crippen LogP contribution in [0.1, 0.15) is 83.1 Å². The summed E-state index contributed by atoms with van der Waals surface area (Å²) < 4.78 is 11.0. The van der Waals surface area contributed by atoms with Gasteiger partial charge in [0.25, 0.3) is 0 Å². The van der Waals surface area contributed by atoms with Gasteiger partial charge in [0, 0.05) is 22.3 Å². The topological polar surface area (TPSA) is 102 Å². The molecule has 0 saturated carbocycles. The molecular formula is C56H62N4O4. The number of azo groups is 2. The molecule has 330 valence electrons. The molecule has 2 aliphatic carbocycles. The third-order valence-electron chi connectivity index (χ3n) is 11.3. The van der Waals surface area contributed by atoms with Gasteiger partial charge in [0.15, 0.2) is 11.6 Å². The SMILES string of the molecule is COc1ccc(-c2cc(N=NC=C3C=C(C(C)(C)C)C(=O)C(C(C)(C)C)=C3)ccc2-c2ccc(N=NC=C3C=C(C(C)(C)C)C(=O)C(C(C)(C)C)=C3)cc2-c2ccc(OC)cc2)cc1. The lowest BCUT2D eigenvalue weighted by atomic mass is 9.72. The van der Waals surface area contributed by atoms with Crippen molar-refractivity contribution >= 4 is 22.9 Å². The molecule has 8 nitrogen and oxygen atoms in total. The van der Waals surface area contributed by atoms with Gasteiger partial charge < -0.3 is 9.47 Å². The second kappa shape index (κ2) is 18.3. The first kappa shape index (κ1) is 47.0. The molecule has 4 aromatic rings. The molecule has 4 aromatic carbocycles. The van der Waals surface area contributed by atoms with E-state index in [0.717, 1.165) is 78.3 Å². The van der Waals surface area contributed by atoms with E-state index in [9.17, 15) is 9.59 Å². The number of rotatable bonds is 9. The van der Waals surface area contributed by atoms with Gasteiger partial charge in [-0.05, 0) is 139 Å². The number of methoxy groups -OCH3 is 2. The van der Waals surface area contributed by atoms with Gasteiger partial charge in [0.1, 0.15) is 11.5 Å². The number of hydrogen-bond acceptors (Lipinski definition) is 8. The molecule has 0 aliphatic heterocycles. The van der Waals surface area contributed by atoms with E-state index in [2.05, 4.69) is 116 Å². The van der Waals surface area contributed by atoms with Crippen LogP contribution in [0.4, 0.5) is 11.4 Å². The molecule has 64 heavy (non-hydrogen) atoms. The Hall–Kier alpha value is -6.54. The number of hydrogen-bond donors (Lipinski definition) is 0. The predicted molar refractivity (Wildman–Crippen MR) is 261 cm³/mol. The summed E-state index contributed by atoms with van der Waals surface area (Å²) in [6.45, 7) is 24.7. The monoisotopic (exact) mass is 854 g/mol. The maximum Gasteiger partial charge on any atom is 0.186 e. The summed E-state index contributed by atoms with van der Waals surface area (Å²) in [4.78, 5) is 27.0. The summed E-state index contributed by atoms with van der Waals surface area (Å²) >= 11 is 0. The molecule has 0 bridgehead atoms. The van der Waals surface area contributed by atoms with Gasteiger partial charge in [0.05, 0.1) is 38.0 Å². The molecule has 8 heteroatoms. The van der Waals surface area contributed by atoms with Crippen molar-refractivity contribution in [3.8, 4) is 44.9 Å². The minimum Gasteiger partial charge on any atom is -0.497 e. The minimum absolute atomic E-state index is 0.0775. The van der Waals surface area contributed by atoms with Crippen LogP contribution in [0, 0.1) is 21.7 Å². The van der Waals surface area contributed by atoms with Gasteiger partial charge in [-0.15, -0.1) is 0 Å². The fraction of sp³-hybridized carbons (Fsp3) is 0.321. The summed E-state index contributed by atoms with van der Waals surface area (Å²) in [6, 6.07) is 28.1. The van der Waals surface area contributed by atoms with E-state index in [1.807, 2.05) is 97.1 Å². The first-order valence-corrected chi connectivity index (χ1v) is 21.8. The fourth-order valence-electron chi connectivity index (χ4n) is 7.68. The number of carbonyl (C=O) groups excluding carboxylic acids is 2. The number of benzene rings is 4. The van der Waals surface area contributed by atoms with Gasteiger partial charge in [-0.2, -0.15) is 20.5 Å². The van der Waals surface area contributed by atoms with Gasteiger partial charge in [-0.3, -0.25) is 9.59 Å². The number of carbonyl (C=O) groups is 2. The standard InChI is InChI=1S/C56H62N4O4/c1-53(2,3)47-27-35(28-48(51(47)61)54(4,5)6)33-57-59-39-19-25-43(45(31-39)37-15-21-41(63-13)22-16-37)44-26-20-40(32-46(44)38-17-23-42(64-14)24-18-38)60-58-34-36-29-49(55(7,8)9)52(62)50(30-36)56(10,11)12/h15-34H,1-14H3. The second-order valence-electron chi connectivity index (χ2n) is 20.5. The zero-order valence-corrected chi connectivity index (χ0v) is 40.0. The Kier molecular flexibility index (Phi) is 13.4. The van der Waals surface area contributed by atoms with E-state index < -0.39 is 0 Å². The van der Waals surface area contributed by atoms with Crippen LogP contribution < -0.4 is 9.47 Å². The maximum atomic E-state index is 13.5. The van der Waals surface area contributed by atoms with Crippen LogP contribution in [-0.2, 0) is 9.59 Å². The molecule has 0 fully saturated rings. The van der Waals surface area contributed by atoms with Gasteiger partial charge in [-0.1, -0.05) is 119 Å². The quantitative estimate of drug-likeness (QED) is 0.156. The Bertz CT molecular complexity index is 2450. The predicted octanol–water partition coefficient (Wildman–Crippen LogP) is 15.7. The Morgan fingerprint density at radius 2 is 0.703 bits per heavy atom. The third-order valence-corrected chi connectivity index (χ3v) is 11.3. The van der Waals surface area contributed by atoms with Gasteiger partial charge in [-0.25, -0.2) is 0 Å². The van der Waals surface area contributed by atoms with E-state index in [1.54, 1.807) is 26.6 Å². The van der Waals surface area contributed by atoms with Crippen molar-refractivity contribution in [1.29, 1.82) is 0 Å². The van der Waals surface area contributed by atoms with E-state index in [-0.39, 0.29) is 33.2 Å². The summed E-state index contributed by atoms with van der Waals surface area (Å²) in [5, 5.41) is 18.5. The lowest BCUT2D eigenvalue weighted by Crippen LogP contribution is -2.27. The highest BCUT2D eigenvalue weighted by Crippen LogP contribution is 2.44. The molecule has 0 radical (unpaired) electrons. The Labute approximate surface area is 380 Å². The minimum atomic E-state index is -0.329. The number of nitrogens with zero attached hydrogens (tertiary/aromatic N) is 4. The van der Waals surface area contributed by atoms with Crippen molar-refractivity contribution < 1.29 is 19.1 Å². The molecule has 2 aliphatic rings. The van der Waals surface area contributed by atoms with Crippen molar-refractivity contribution in [2.45, 2.75) is 83.1 Å². The summed E-state index contributed by atoms with van der Waals surface area (Å²) in [5.74, 6) is 1.66. The van der Waals surface area contributed by atoms with Crippen LogP contribution in [-0.4, -0.2) is 25.8 Å². The molecule has 0 aromatic heterocycles. The van der Waals surface area contributed by atoms with Crippen LogP contribution >= 0.6 is 0 Å². The zero-order chi connectivity index (χ0) is 46.8. The fourth-order valence-corrected chi connectivity index (χ4v) is 7.68. The smallest absolute Gasteiger partial charge is 0.186 e. The maximum absolute atomic E-state index is 13.5. The van der Waals surface area contributed by atoms with E-state index in [0.29, 0.717) is 11.4 Å². The lowest BCUT2D eigenvalue weighted by molar-refractivity contribution is -0.114. The molecule has 0 amide bonds. The van der Waals surface area contributed by atoms with Crippen molar-refractivity contribution in [3.63, 3.8) is 0 Å². The highest BCUT2D eigenvalue weighted by Gasteiger charge is 2.35. The van der Waals surface area contributed by atoms with Crippen molar-refractivity contribution in [2.24, 2.45) is 42.1 Å². The molecule has 0 atom stereocenters. The molecule has 0 heterocycles. The number of Topliss-reactive ketones (excluding diaryl/α,β-unsaturated/α-hetero) is 2. The Morgan fingerprint density at radius 1 is 0.406 bits per heavy atom. The average Bonchev–Trinajstić information content (AvgIpc) is 3.23. The first-order chi connectivity index (χ1) is 30.0. The van der Waals surface area contributed by atoms with E-state index in [4.69, 9.17) is 9.47 Å².